The summed E-state index contributed by atoms with van der Waals surface area (Å²) in [5.41, 5.74) is 7.24. The van der Waals surface area contributed by atoms with Crippen molar-refractivity contribution in [2.24, 2.45) is 5.73 Å². The number of nitrogens with two attached hydrogens (primary N) is 1. The second-order valence-corrected chi connectivity index (χ2v) is 3.55. The zero-order valence-corrected chi connectivity index (χ0v) is 10.3. The molecule has 0 aromatic heterocycles. The van der Waals surface area contributed by atoms with Gasteiger partial charge in [0.15, 0.2) is 0 Å². The first-order valence-corrected chi connectivity index (χ1v) is 5.06. The lowest BCUT2D eigenvalue weighted by atomic mass is 10.0. The normalized spacial score (nSPS) is 9.76. The Kier molecular flexibility index (Phi) is 4.49. The summed E-state index contributed by atoms with van der Waals surface area (Å²) >= 11 is 0. The van der Waals surface area contributed by atoms with Crippen molar-refractivity contribution in [2.75, 3.05) is 7.11 Å². The number of carbonyl (C=O) groups excluding carboxylic acids is 1. The highest BCUT2D eigenvalue weighted by Gasteiger charge is 2.07. The minimum atomic E-state index is -0.325. The Hall–Kier alpha value is -1.58. The van der Waals surface area contributed by atoms with Gasteiger partial charge < -0.3 is 10.5 Å². The van der Waals surface area contributed by atoms with Crippen molar-refractivity contribution in [1.82, 2.24) is 0 Å². The van der Waals surface area contributed by atoms with Gasteiger partial charge in [0.2, 0.25) is 0 Å². The van der Waals surface area contributed by atoms with Gasteiger partial charge in [-0.1, -0.05) is 24.3 Å². The molecule has 0 atom stereocenters. The monoisotopic (exact) mass is 251 g/mol. The summed E-state index contributed by atoms with van der Waals surface area (Å²) in [6.45, 7) is 0.460. The summed E-state index contributed by atoms with van der Waals surface area (Å²) in [5.74, 6) is -0.325. The van der Waals surface area contributed by atoms with Gasteiger partial charge in [-0.2, -0.15) is 0 Å². The van der Waals surface area contributed by atoms with E-state index in [9.17, 15) is 4.79 Å². The average Bonchev–Trinajstić information content (AvgIpc) is 2.36. The molecule has 0 aliphatic carbocycles. The topological polar surface area (TPSA) is 52.3 Å². The highest BCUT2D eigenvalue weighted by atomic mass is 35.5. The van der Waals surface area contributed by atoms with Crippen LogP contribution in [0, 0.1) is 0 Å². The van der Waals surface area contributed by atoms with Crippen LogP contribution >= 0.6 is 12.4 Å². The molecule has 0 fully saturated rings. The molecule has 90 valence electrons. The van der Waals surface area contributed by atoms with Crippen LogP contribution in [-0.2, 0) is 11.3 Å². The van der Waals surface area contributed by atoms with Crippen LogP contribution in [0.15, 0.2) is 36.4 Å². The molecule has 0 aliphatic rings. The Balaban J connectivity index is 0.00000144. The SMILES string of the molecule is COC(=O)c1ccc2cccc(CN)c2c1.Cl. The highest BCUT2D eigenvalue weighted by Crippen LogP contribution is 2.20. The van der Waals surface area contributed by atoms with Gasteiger partial charge in [0.25, 0.3) is 0 Å². The van der Waals surface area contributed by atoms with Crippen molar-refractivity contribution >= 4 is 29.1 Å². The maximum Gasteiger partial charge on any atom is 0.337 e. The Morgan fingerprint density at radius 3 is 2.71 bits per heavy atom. The molecule has 0 saturated carbocycles. The maximum absolute atomic E-state index is 11.4. The van der Waals surface area contributed by atoms with Crippen LogP contribution in [0.5, 0.6) is 0 Å². The predicted octanol–water partition coefficient (Wildman–Crippen LogP) is 2.51. The number of rotatable bonds is 2. The van der Waals surface area contributed by atoms with Crippen LogP contribution < -0.4 is 5.73 Å². The van der Waals surface area contributed by atoms with Crippen LogP contribution in [0.3, 0.4) is 0 Å². The van der Waals surface area contributed by atoms with E-state index in [0.717, 1.165) is 16.3 Å². The van der Waals surface area contributed by atoms with E-state index in [-0.39, 0.29) is 18.4 Å². The lowest BCUT2D eigenvalue weighted by Crippen LogP contribution is -2.02. The molecular formula is C13H14ClNO2. The fraction of sp³-hybridized carbons (Fsp3) is 0.154. The average molecular weight is 252 g/mol. The summed E-state index contributed by atoms with van der Waals surface area (Å²) in [7, 11) is 1.38. The number of esters is 1. The maximum atomic E-state index is 11.4. The van der Waals surface area contributed by atoms with Crippen molar-refractivity contribution < 1.29 is 9.53 Å². The van der Waals surface area contributed by atoms with Gasteiger partial charge in [0.1, 0.15) is 0 Å². The molecular weight excluding hydrogens is 238 g/mol. The number of carbonyl (C=O) groups is 1. The molecule has 0 bridgehead atoms. The van der Waals surface area contributed by atoms with Crippen molar-refractivity contribution in [3.05, 3.63) is 47.5 Å². The van der Waals surface area contributed by atoms with Gasteiger partial charge in [-0.3, -0.25) is 0 Å². The number of hydrogen-bond donors (Lipinski definition) is 1. The van der Waals surface area contributed by atoms with E-state index in [1.807, 2.05) is 30.3 Å². The molecule has 0 heterocycles. The third kappa shape index (κ3) is 2.57. The standard InChI is InChI=1S/C13H13NO2.ClH/c1-16-13(15)10-6-5-9-3-2-4-11(8-14)12(9)7-10;/h2-7H,8,14H2,1H3;1H. The molecule has 0 unspecified atom stereocenters. The number of fused-ring (bicyclic) bond motifs is 1. The lowest BCUT2D eigenvalue weighted by molar-refractivity contribution is 0.0601. The van der Waals surface area contributed by atoms with Gasteiger partial charge >= 0.3 is 5.97 Å². The number of hydrogen-bond acceptors (Lipinski definition) is 3. The van der Waals surface area contributed by atoms with Crippen molar-refractivity contribution in [3.8, 4) is 0 Å². The van der Waals surface area contributed by atoms with E-state index in [2.05, 4.69) is 4.74 Å². The molecule has 4 heteroatoms. The van der Waals surface area contributed by atoms with Gasteiger partial charge in [0, 0.05) is 6.54 Å². The summed E-state index contributed by atoms with van der Waals surface area (Å²) in [5, 5.41) is 2.09. The van der Waals surface area contributed by atoms with Crippen LogP contribution in [0.4, 0.5) is 0 Å². The molecule has 2 N–H and O–H groups in total. The van der Waals surface area contributed by atoms with Gasteiger partial charge in [0.05, 0.1) is 12.7 Å². The van der Waals surface area contributed by atoms with E-state index in [4.69, 9.17) is 5.73 Å². The summed E-state index contributed by atoms with van der Waals surface area (Å²) in [6, 6.07) is 11.4. The first-order chi connectivity index (χ1) is 7.76. The Morgan fingerprint density at radius 1 is 1.29 bits per heavy atom. The molecule has 3 nitrogen and oxygen atoms in total. The van der Waals surface area contributed by atoms with Crippen LogP contribution in [0.2, 0.25) is 0 Å². The lowest BCUT2D eigenvalue weighted by Gasteiger charge is -2.06. The second-order valence-electron chi connectivity index (χ2n) is 3.55. The Labute approximate surface area is 106 Å². The summed E-state index contributed by atoms with van der Waals surface area (Å²) < 4.78 is 4.69. The molecule has 2 aromatic rings. The molecule has 0 aliphatic heterocycles. The fourth-order valence-corrected chi connectivity index (χ4v) is 1.76. The molecule has 0 saturated heterocycles. The highest BCUT2D eigenvalue weighted by molar-refractivity contribution is 5.96. The molecule has 17 heavy (non-hydrogen) atoms. The number of ether oxygens (including phenoxy) is 1. The number of benzene rings is 2. The van der Waals surface area contributed by atoms with E-state index in [1.54, 1.807) is 6.07 Å². The van der Waals surface area contributed by atoms with E-state index in [1.165, 1.54) is 7.11 Å². The largest absolute Gasteiger partial charge is 0.465 e. The van der Waals surface area contributed by atoms with Gasteiger partial charge in [-0.25, -0.2) is 4.79 Å². The molecule has 2 rings (SSSR count). The number of halogens is 1. The first kappa shape index (κ1) is 13.5. The summed E-state index contributed by atoms with van der Waals surface area (Å²) in [4.78, 5) is 11.4. The Morgan fingerprint density at radius 2 is 2.06 bits per heavy atom. The van der Waals surface area contributed by atoms with Crippen molar-refractivity contribution in [3.63, 3.8) is 0 Å². The third-order valence-electron chi connectivity index (χ3n) is 2.61. The quantitative estimate of drug-likeness (QED) is 0.835. The first-order valence-electron chi connectivity index (χ1n) is 5.06. The van der Waals surface area contributed by atoms with E-state index >= 15 is 0 Å². The van der Waals surface area contributed by atoms with Crippen LogP contribution in [-0.4, -0.2) is 13.1 Å². The minimum absolute atomic E-state index is 0. The van der Waals surface area contributed by atoms with E-state index < -0.39 is 0 Å². The van der Waals surface area contributed by atoms with Gasteiger partial charge in [-0.15, -0.1) is 12.4 Å². The molecule has 0 spiro atoms. The van der Waals surface area contributed by atoms with Crippen molar-refractivity contribution in [1.29, 1.82) is 0 Å². The summed E-state index contributed by atoms with van der Waals surface area (Å²) in [6.07, 6.45) is 0. The smallest absolute Gasteiger partial charge is 0.337 e. The fourth-order valence-electron chi connectivity index (χ4n) is 1.76. The molecule has 0 amide bonds. The van der Waals surface area contributed by atoms with E-state index in [0.29, 0.717) is 12.1 Å². The zero-order valence-electron chi connectivity index (χ0n) is 9.47. The van der Waals surface area contributed by atoms with Gasteiger partial charge in [-0.05, 0) is 28.5 Å². The zero-order chi connectivity index (χ0) is 11.5. The molecule has 0 radical (unpaired) electrons. The Bertz CT molecular complexity index is 540. The third-order valence-corrected chi connectivity index (χ3v) is 2.61. The van der Waals surface area contributed by atoms with Crippen LogP contribution in [0.1, 0.15) is 15.9 Å². The van der Waals surface area contributed by atoms with Crippen molar-refractivity contribution in [2.45, 2.75) is 6.54 Å². The number of methoxy groups -OCH3 is 1. The second kappa shape index (κ2) is 5.66. The minimum Gasteiger partial charge on any atom is -0.465 e. The van der Waals surface area contributed by atoms with Crippen LogP contribution in [0.25, 0.3) is 10.8 Å². The predicted molar refractivity (Wildman–Crippen MR) is 70.4 cm³/mol. The molecule has 2 aromatic carbocycles.